The summed E-state index contributed by atoms with van der Waals surface area (Å²) >= 11 is 0. The average molecular weight is 176 g/mol. The number of aromatic hydroxyl groups is 1. The Morgan fingerprint density at radius 2 is 2.31 bits per heavy atom. The predicted octanol–water partition coefficient (Wildman–Crippen LogP) is 1.88. The normalized spacial score (nSPS) is 10.5. The lowest BCUT2D eigenvalue weighted by Gasteiger charge is -1.94. The summed E-state index contributed by atoms with van der Waals surface area (Å²) in [6.07, 6.45) is 2.56. The van der Waals surface area contributed by atoms with Crippen LogP contribution in [0.5, 0.6) is 5.75 Å². The Hall–Kier alpha value is -1.77. The van der Waals surface area contributed by atoms with E-state index < -0.39 is 0 Å². The number of furan rings is 1. The van der Waals surface area contributed by atoms with Gasteiger partial charge in [-0.2, -0.15) is 0 Å². The highest BCUT2D eigenvalue weighted by Gasteiger charge is 2.08. The summed E-state index contributed by atoms with van der Waals surface area (Å²) in [5, 5.41) is 10.1. The molecule has 1 N–H and O–H groups in total. The molecule has 3 heteroatoms. The van der Waals surface area contributed by atoms with E-state index in [0.29, 0.717) is 11.0 Å². The fourth-order valence-electron chi connectivity index (χ4n) is 1.37. The molecule has 0 spiro atoms. The zero-order valence-electron chi connectivity index (χ0n) is 6.86. The van der Waals surface area contributed by atoms with Crippen molar-refractivity contribution >= 4 is 17.3 Å². The molecule has 13 heavy (non-hydrogen) atoms. The third-order valence-corrected chi connectivity index (χ3v) is 1.96. The predicted molar refractivity (Wildman–Crippen MR) is 47.6 cm³/mol. The van der Waals surface area contributed by atoms with Crippen LogP contribution in [0, 0.1) is 0 Å². The topological polar surface area (TPSA) is 50.4 Å². The minimum Gasteiger partial charge on any atom is -0.507 e. The zero-order valence-corrected chi connectivity index (χ0v) is 6.86. The van der Waals surface area contributed by atoms with E-state index in [1.165, 1.54) is 6.26 Å². The zero-order chi connectivity index (χ0) is 9.26. The monoisotopic (exact) mass is 176 g/mol. The van der Waals surface area contributed by atoms with Crippen LogP contribution >= 0.6 is 0 Å². The van der Waals surface area contributed by atoms with Crippen LogP contribution in [0.2, 0.25) is 0 Å². The molecular weight excluding hydrogens is 168 g/mol. The smallest absolute Gasteiger partial charge is 0.137 e. The van der Waals surface area contributed by atoms with E-state index in [2.05, 4.69) is 0 Å². The standard InChI is InChI=1S/C10H8O3/c11-5-4-7-6-13-9-3-1-2-8(12)10(7)9/h1-3,5-6,12H,4H2. The van der Waals surface area contributed by atoms with Gasteiger partial charge in [0, 0.05) is 12.0 Å². The first kappa shape index (κ1) is 7.86. The minimum atomic E-state index is 0.156. The van der Waals surface area contributed by atoms with Gasteiger partial charge < -0.3 is 14.3 Å². The van der Waals surface area contributed by atoms with Gasteiger partial charge in [0.15, 0.2) is 0 Å². The fraction of sp³-hybridized carbons (Fsp3) is 0.100. The lowest BCUT2D eigenvalue weighted by molar-refractivity contribution is -0.107. The lowest BCUT2D eigenvalue weighted by Crippen LogP contribution is -1.82. The van der Waals surface area contributed by atoms with Crippen molar-refractivity contribution in [3.05, 3.63) is 30.0 Å². The molecule has 0 bridgehead atoms. The number of phenols is 1. The van der Waals surface area contributed by atoms with Crippen molar-refractivity contribution in [1.29, 1.82) is 0 Å². The van der Waals surface area contributed by atoms with E-state index in [4.69, 9.17) is 4.42 Å². The molecule has 0 aliphatic rings. The number of carbonyl (C=O) groups excluding carboxylic acids is 1. The molecule has 1 aromatic heterocycles. The largest absolute Gasteiger partial charge is 0.507 e. The van der Waals surface area contributed by atoms with Crippen LogP contribution in [-0.4, -0.2) is 11.4 Å². The third kappa shape index (κ3) is 1.18. The fourth-order valence-corrected chi connectivity index (χ4v) is 1.37. The van der Waals surface area contributed by atoms with E-state index in [-0.39, 0.29) is 12.2 Å². The second-order valence-electron chi connectivity index (χ2n) is 2.78. The highest BCUT2D eigenvalue weighted by Crippen LogP contribution is 2.29. The van der Waals surface area contributed by atoms with E-state index in [0.717, 1.165) is 11.8 Å². The van der Waals surface area contributed by atoms with Crippen molar-refractivity contribution in [1.82, 2.24) is 0 Å². The molecule has 0 amide bonds. The average Bonchev–Trinajstić information content (AvgIpc) is 2.51. The van der Waals surface area contributed by atoms with Gasteiger partial charge in [-0.05, 0) is 12.1 Å². The first-order chi connectivity index (χ1) is 6.33. The van der Waals surface area contributed by atoms with Gasteiger partial charge in [-0.25, -0.2) is 0 Å². The third-order valence-electron chi connectivity index (χ3n) is 1.96. The Morgan fingerprint density at radius 1 is 1.46 bits per heavy atom. The van der Waals surface area contributed by atoms with Gasteiger partial charge in [-0.3, -0.25) is 0 Å². The molecule has 0 atom stereocenters. The molecule has 0 radical (unpaired) electrons. The molecular formula is C10H8O3. The maximum atomic E-state index is 10.3. The first-order valence-electron chi connectivity index (χ1n) is 3.94. The molecule has 1 aromatic carbocycles. The molecule has 0 fully saturated rings. The second kappa shape index (κ2) is 2.94. The lowest BCUT2D eigenvalue weighted by atomic mass is 10.1. The Bertz CT molecular complexity index is 442. The maximum absolute atomic E-state index is 10.3. The molecule has 3 nitrogen and oxygen atoms in total. The van der Waals surface area contributed by atoms with E-state index >= 15 is 0 Å². The summed E-state index contributed by atoms with van der Waals surface area (Å²) in [5.74, 6) is 0.156. The van der Waals surface area contributed by atoms with Gasteiger partial charge in [0.1, 0.15) is 17.6 Å². The van der Waals surface area contributed by atoms with Crippen LogP contribution in [0.3, 0.4) is 0 Å². The molecule has 0 aliphatic carbocycles. The van der Waals surface area contributed by atoms with Gasteiger partial charge in [0.05, 0.1) is 11.6 Å². The Kier molecular flexibility index (Phi) is 1.77. The van der Waals surface area contributed by atoms with Crippen molar-refractivity contribution in [2.45, 2.75) is 6.42 Å². The quantitative estimate of drug-likeness (QED) is 0.710. The maximum Gasteiger partial charge on any atom is 0.137 e. The van der Waals surface area contributed by atoms with Gasteiger partial charge in [-0.1, -0.05) is 6.07 Å². The molecule has 1 heterocycles. The summed E-state index contributed by atoms with van der Waals surface area (Å²) < 4.78 is 5.16. The molecule has 0 unspecified atom stereocenters. The van der Waals surface area contributed by atoms with Crippen LogP contribution in [0.1, 0.15) is 5.56 Å². The van der Waals surface area contributed by atoms with Crippen LogP contribution in [0.4, 0.5) is 0 Å². The van der Waals surface area contributed by atoms with Crippen LogP contribution < -0.4 is 0 Å². The molecule has 2 aromatic rings. The Balaban J connectivity index is 2.70. The van der Waals surface area contributed by atoms with Gasteiger partial charge in [0.2, 0.25) is 0 Å². The van der Waals surface area contributed by atoms with E-state index in [1.54, 1.807) is 18.2 Å². The van der Waals surface area contributed by atoms with Crippen molar-refractivity contribution in [2.75, 3.05) is 0 Å². The summed E-state index contributed by atoms with van der Waals surface area (Å²) in [5.41, 5.74) is 1.33. The number of hydrogen-bond donors (Lipinski definition) is 1. The van der Waals surface area contributed by atoms with Crippen molar-refractivity contribution in [3.63, 3.8) is 0 Å². The molecule has 0 saturated heterocycles. The van der Waals surface area contributed by atoms with Crippen molar-refractivity contribution in [3.8, 4) is 5.75 Å². The number of hydrogen-bond acceptors (Lipinski definition) is 3. The minimum absolute atomic E-state index is 0.156. The first-order valence-corrected chi connectivity index (χ1v) is 3.94. The van der Waals surface area contributed by atoms with Crippen LogP contribution in [-0.2, 0) is 11.2 Å². The van der Waals surface area contributed by atoms with Gasteiger partial charge in [-0.15, -0.1) is 0 Å². The number of phenolic OH excluding ortho intramolecular Hbond substituents is 1. The summed E-state index contributed by atoms with van der Waals surface area (Å²) in [6.45, 7) is 0. The van der Waals surface area contributed by atoms with E-state index in [1.807, 2.05) is 0 Å². The number of benzene rings is 1. The highest BCUT2D eigenvalue weighted by atomic mass is 16.3. The van der Waals surface area contributed by atoms with Crippen molar-refractivity contribution in [2.24, 2.45) is 0 Å². The van der Waals surface area contributed by atoms with Crippen molar-refractivity contribution < 1.29 is 14.3 Å². The molecule has 66 valence electrons. The molecule has 0 saturated carbocycles. The number of rotatable bonds is 2. The van der Waals surface area contributed by atoms with Crippen LogP contribution in [0.25, 0.3) is 11.0 Å². The number of fused-ring (bicyclic) bond motifs is 1. The Labute approximate surface area is 74.6 Å². The summed E-state index contributed by atoms with van der Waals surface area (Å²) in [7, 11) is 0. The number of carbonyl (C=O) groups is 1. The Morgan fingerprint density at radius 3 is 3.08 bits per heavy atom. The summed E-state index contributed by atoms with van der Waals surface area (Å²) in [6, 6.07) is 5.03. The SMILES string of the molecule is O=CCc1coc2cccc(O)c12. The molecule has 2 rings (SSSR count). The second-order valence-corrected chi connectivity index (χ2v) is 2.78. The van der Waals surface area contributed by atoms with Crippen LogP contribution in [0.15, 0.2) is 28.9 Å². The molecule has 0 aliphatic heterocycles. The highest BCUT2D eigenvalue weighted by molar-refractivity contribution is 5.88. The number of aldehydes is 1. The summed E-state index contributed by atoms with van der Waals surface area (Å²) in [4.78, 5) is 10.3. The van der Waals surface area contributed by atoms with E-state index in [9.17, 15) is 9.90 Å². The van der Waals surface area contributed by atoms with Gasteiger partial charge in [0.25, 0.3) is 0 Å². The van der Waals surface area contributed by atoms with Gasteiger partial charge >= 0.3 is 0 Å².